The van der Waals surface area contributed by atoms with Crippen molar-refractivity contribution in [1.29, 1.82) is 0 Å². The Balaban J connectivity index is 1.51. The number of benzene rings is 2. The minimum atomic E-state index is -0.527. The second-order valence-corrected chi connectivity index (χ2v) is 6.54. The van der Waals surface area contributed by atoms with E-state index in [1.807, 2.05) is 30.3 Å². The Morgan fingerprint density at radius 2 is 2.04 bits per heavy atom. The summed E-state index contributed by atoms with van der Waals surface area (Å²) in [4.78, 5) is 16.3. The Bertz CT molecular complexity index is 872. The van der Waals surface area contributed by atoms with E-state index in [9.17, 15) is 9.18 Å². The summed E-state index contributed by atoms with van der Waals surface area (Å²) >= 11 is 6.90. The third-order valence-corrected chi connectivity index (χ3v) is 4.40. The molecule has 3 rings (SSSR count). The molecule has 0 aliphatic heterocycles. The van der Waals surface area contributed by atoms with E-state index in [0.717, 1.165) is 11.4 Å². The van der Waals surface area contributed by atoms with E-state index < -0.39 is 5.82 Å². The van der Waals surface area contributed by atoms with Crippen LogP contribution in [0.15, 0.2) is 53.7 Å². The highest BCUT2D eigenvalue weighted by molar-refractivity contribution is 7.99. The SMILES string of the molecule is O=C(CSc1n[nH]c(Cc2ccccc2)n1)Nc1ccc(F)c(Cl)c1. The molecular weight excluding hydrogens is 363 g/mol. The maximum Gasteiger partial charge on any atom is 0.234 e. The zero-order valence-electron chi connectivity index (χ0n) is 13.0. The van der Waals surface area contributed by atoms with Crippen LogP contribution in [0, 0.1) is 5.82 Å². The minimum absolute atomic E-state index is 0.0371. The highest BCUT2D eigenvalue weighted by Gasteiger charge is 2.09. The maximum absolute atomic E-state index is 13.1. The summed E-state index contributed by atoms with van der Waals surface area (Å²) < 4.78 is 13.1. The highest BCUT2D eigenvalue weighted by Crippen LogP contribution is 2.20. The molecule has 0 saturated heterocycles. The van der Waals surface area contributed by atoms with Crippen LogP contribution in [0.4, 0.5) is 10.1 Å². The molecule has 25 heavy (non-hydrogen) atoms. The molecule has 1 amide bonds. The van der Waals surface area contributed by atoms with Crippen molar-refractivity contribution in [2.75, 3.05) is 11.1 Å². The maximum atomic E-state index is 13.1. The number of anilines is 1. The van der Waals surface area contributed by atoms with E-state index in [2.05, 4.69) is 20.5 Å². The molecule has 0 atom stereocenters. The van der Waals surface area contributed by atoms with Crippen LogP contribution in [0.25, 0.3) is 0 Å². The molecule has 1 heterocycles. The number of carbonyl (C=O) groups excluding carboxylic acids is 1. The van der Waals surface area contributed by atoms with Crippen molar-refractivity contribution in [2.24, 2.45) is 0 Å². The molecule has 0 spiro atoms. The lowest BCUT2D eigenvalue weighted by Crippen LogP contribution is -2.14. The molecule has 0 bridgehead atoms. The van der Waals surface area contributed by atoms with Gasteiger partial charge in [0.1, 0.15) is 11.6 Å². The zero-order chi connectivity index (χ0) is 17.6. The Hall–Kier alpha value is -2.38. The number of nitrogens with zero attached hydrogens (tertiary/aromatic N) is 2. The molecule has 128 valence electrons. The number of rotatable bonds is 6. The monoisotopic (exact) mass is 376 g/mol. The zero-order valence-corrected chi connectivity index (χ0v) is 14.6. The van der Waals surface area contributed by atoms with Crippen molar-refractivity contribution >= 4 is 35.0 Å². The molecule has 2 aromatic carbocycles. The molecule has 0 radical (unpaired) electrons. The molecule has 0 saturated carbocycles. The summed E-state index contributed by atoms with van der Waals surface area (Å²) in [5, 5.41) is 10.1. The number of aromatic nitrogens is 3. The Kier molecular flexibility index (Phi) is 5.67. The number of hydrogen-bond donors (Lipinski definition) is 2. The number of nitrogens with one attached hydrogen (secondary N) is 2. The van der Waals surface area contributed by atoms with Crippen molar-refractivity contribution in [3.05, 3.63) is 70.8 Å². The number of carbonyl (C=O) groups is 1. The van der Waals surface area contributed by atoms with Crippen LogP contribution in [0.3, 0.4) is 0 Å². The van der Waals surface area contributed by atoms with E-state index >= 15 is 0 Å². The third-order valence-electron chi connectivity index (χ3n) is 3.26. The first-order valence-corrected chi connectivity index (χ1v) is 8.79. The highest BCUT2D eigenvalue weighted by atomic mass is 35.5. The van der Waals surface area contributed by atoms with Gasteiger partial charge >= 0.3 is 0 Å². The molecular formula is C17H14ClFN4OS. The van der Waals surface area contributed by atoms with Crippen molar-refractivity contribution in [1.82, 2.24) is 15.2 Å². The molecule has 8 heteroatoms. The largest absolute Gasteiger partial charge is 0.325 e. The predicted molar refractivity (Wildman–Crippen MR) is 96.4 cm³/mol. The van der Waals surface area contributed by atoms with Gasteiger partial charge in [-0.3, -0.25) is 9.89 Å². The Morgan fingerprint density at radius 3 is 2.80 bits per heavy atom. The van der Waals surface area contributed by atoms with Crippen molar-refractivity contribution < 1.29 is 9.18 Å². The fourth-order valence-corrected chi connectivity index (χ4v) is 2.91. The summed E-state index contributed by atoms with van der Waals surface area (Å²) in [6.45, 7) is 0. The normalized spacial score (nSPS) is 10.6. The van der Waals surface area contributed by atoms with E-state index in [0.29, 0.717) is 17.3 Å². The van der Waals surface area contributed by atoms with Crippen LogP contribution in [0.2, 0.25) is 5.02 Å². The van der Waals surface area contributed by atoms with Crippen LogP contribution in [-0.2, 0) is 11.2 Å². The lowest BCUT2D eigenvalue weighted by Gasteiger charge is -2.04. The van der Waals surface area contributed by atoms with Crippen LogP contribution in [-0.4, -0.2) is 26.8 Å². The van der Waals surface area contributed by atoms with E-state index in [-0.39, 0.29) is 16.7 Å². The number of aromatic amines is 1. The summed E-state index contributed by atoms with van der Waals surface area (Å²) in [6.07, 6.45) is 0.647. The molecule has 5 nitrogen and oxygen atoms in total. The van der Waals surface area contributed by atoms with Gasteiger partial charge in [-0.25, -0.2) is 9.37 Å². The van der Waals surface area contributed by atoms with Crippen molar-refractivity contribution in [3.8, 4) is 0 Å². The standard InChI is InChI=1S/C17H14ClFN4OS/c18-13-9-12(6-7-14(13)19)20-16(24)10-25-17-21-15(22-23-17)8-11-4-2-1-3-5-11/h1-7,9H,8,10H2,(H,20,24)(H,21,22,23). The molecule has 0 unspecified atom stereocenters. The molecule has 2 N–H and O–H groups in total. The fourth-order valence-electron chi connectivity index (χ4n) is 2.11. The average Bonchev–Trinajstić information content (AvgIpc) is 3.05. The van der Waals surface area contributed by atoms with Gasteiger partial charge in [0, 0.05) is 12.1 Å². The average molecular weight is 377 g/mol. The predicted octanol–water partition coefficient (Wildman–Crippen LogP) is 3.92. The van der Waals surface area contributed by atoms with Crippen LogP contribution < -0.4 is 5.32 Å². The fraction of sp³-hybridized carbons (Fsp3) is 0.118. The van der Waals surface area contributed by atoms with Crippen LogP contribution in [0.1, 0.15) is 11.4 Å². The number of H-pyrrole nitrogens is 1. The molecule has 0 fully saturated rings. The first kappa shape index (κ1) is 17.4. The quantitative estimate of drug-likeness (QED) is 0.640. The van der Waals surface area contributed by atoms with Crippen LogP contribution >= 0.6 is 23.4 Å². The first-order chi connectivity index (χ1) is 12.1. The van der Waals surface area contributed by atoms with Gasteiger partial charge < -0.3 is 5.32 Å². The van der Waals surface area contributed by atoms with Crippen molar-refractivity contribution in [3.63, 3.8) is 0 Å². The van der Waals surface area contributed by atoms with Gasteiger partial charge in [-0.2, -0.15) is 0 Å². The van der Waals surface area contributed by atoms with Gasteiger partial charge in [0.15, 0.2) is 0 Å². The van der Waals surface area contributed by atoms with Crippen molar-refractivity contribution in [2.45, 2.75) is 11.6 Å². The van der Waals surface area contributed by atoms with E-state index in [1.54, 1.807) is 0 Å². The summed E-state index contributed by atoms with van der Waals surface area (Å²) in [6, 6.07) is 13.9. The van der Waals surface area contributed by atoms with E-state index in [1.165, 1.54) is 30.0 Å². The number of hydrogen-bond acceptors (Lipinski definition) is 4. The van der Waals surface area contributed by atoms with Gasteiger partial charge in [-0.15, -0.1) is 5.10 Å². The second kappa shape index (κ2) is 8.13. The van der Waals surface area contributed by atoms with Gasteiger partial charge in [-0.05, 0) is 23.8 Å². The summed E-state index contributed by atoms with van der Waals surface area (Å²) in [5.41, 5.74) is 1.57. The lowest BCUT2D eigenvalue weighted by atomic mass is 10.1. The molecule has 1 aromatic heterocycles. The summed E-state index contributed by atoms with van der Waals surface area (Å²) in [7, 11) is 0. The number of amides is 1. The number of thioether (sulfide) groups is 1. The molecule has 3 aromatic rings. The summed E-state index contributed by atoms with van der Waals surface area (Å²) in [5.74, 6) is 0.0969. The van der Waals surface area contributed by atoms with Crippen LogP contribution in [0.5, 0.6) is 0 Å². The van der Waals surface area contributed by atoms with Gasteiger partial charge in [0.2, 0.25) is 11.1 Å². The first-order valence-electron chi connectivity index (χ1n) is 7.43. The Labute approximate surface area is 153 Å². The molecule has 0 aliphatic rings. The second-order valence-electron chi connectivity index (χ2n) is 5.19. The lowest BCUT2D eigenvalue weighted by molar-refractivity contribution is -0.113. The minimum Gasteiger partial charge on any atom is -0.325 e. The third kappa shape index (κ3) is 5.04. The molecule has 0 aliphatic carbocycles. The Morgan fingerprint density at radius 1 is 1.24 bits per heavy atom. The number of halogens is 2. The van der Waals surface area contributed by atoms with Gasteiger partial charge in [0.05, 0.1) is 10.8 Å². The van der Waals surface area contributed by atoms with Gasteiger partial charge in [0.25, 0.3) is 0 Å². The topological polar surface area (TPSA) is 70.7 Å². The van der Waals surface area contributed by atoms with E-state index in [4.69, 9.17) is 11.6 Å². The van der Waals surface area contributed by atoms with Gasteiger partial charge in [-0.1, -0.05) is 53.7 Å². The smallest absolute Gasteiger partial charge is 0.234 e.